The van der Waals surface area contributed by atoms with Crippen LogP contribution in [0.15, 0.2) is 17.5 Å². The van der Waals surface area contributed by atoms with Gasteiger partial charge >= 0.3 is 0 Å². The van der Waals surface area contributed by atoms with Gasteiger partial charge in [0, 0.05) is 4.88 Å². The Morgan fingerprint density at radius 1 is 1.50 bits per heavy atom. The fourth-order valence-corrected chi connectivity index (χ4v) is 2.74. The van der Waals surface area contributed by atoms with Gasteiger partial charge in [0.2, 0.25) is 0 Å². The van der Waals surface area contributed by atoms with Crippen LogP contribution in [0, 0.1) is 5.92 Å². The lowest BCUT2D eigenvalue weighted by Gasteiger charge is -2.20. The van der Waals surface area contributed by atoms with E-state index in [1.165, 1.54) is 4.88 Å². The van der Waals surface area contributed by atoms with Crippen molar-refractivity contribution in [1.82, 2.24) is 20.2 Å². The molecule has 0 aliphatic heterocycles. The van der Waals surface area contributed by atoms with Crippen molar-refractivity contribution >= 4 is 11.3 Å². The molecule has 1 unspecified atom stereocenters. The van der Waals surface area contributed by atoms with Crippen LogP contribution in [0.4, 0.5) is 0 Å². The maximum absolute atomic E-state index is 5.63. The van der Waals surface area contributed by atoms with Crippen LogP contribution in [0.3, 0.4) is 0 Å². The van der Waals surface area contributed by atoms with E-state index in [1.54, 1.807) is 11.3 Å². The molecule has 2 aromatic rings. The average molecular weight is 237 g/mol. The van der Waals surface area contributed by atoms with E-state index in [2.05, 4.69) is 40.8 Å². The Hall–Kier alpha value is -1.27. The number of nitrogens with two attached hydrogens (primary N) is 1. The summed E-state index contributed by atoms with van der Waals surface area (Å²) in [5, 5.41) is 13.7. The van der Waals surface area contributed by atoms with E-state index in [9.17, 15) is 0 Å². The molecular weight excluding hydrogens is 222 g/mol. The first-order valence-corrected chi connectivity index (χ1v) is 6.12. The van der Waals surface area contributed by atoms with Gasteiger partial charge in [-0.2, -0.15) is 0 Å². The average Bonchev–Trinajstić information content (AvgIpc) is 2.88. The van der Waals surface area contributed by atoms with Gasteiger partial charge in [-0.05, 0) is 27.8 Å². The molecule has 0 saturated carbocycles. The number of rotatable bonds is 4. The molecule has 0 aliphatic rings. The lowest BCUT2D eigenvalue weighted by molar-refractivity contribution is 0.389. The second kappa shape index (κ2) is 4.71. The highest BCUT2D eigenvalue weighted by molar-refractivity contribution is 7.10. The molecule has 1 atom stereocenters. The highest BCUT2D eigenvalue weighted by atomic mass is 32.1. The molecule has 2 heterocycles. The summed E-state index contributed by atoms with van der Waals surface area (Å²) in [6.45, 7) is 4.68. The van der Waals surface area contributed by atoms with Crippen LogP contribution in [0.1, 0.15) is 30.6 Å². The van der Waals surface area contributed by atoms with Crippen molar-refractivity contribution in [2.24, 2.45) is 11.7 Å². The minimum atomic E-state index is 0.175. The molecule has 2 rings (SSSR count). The van der Waals surface area contributed by atoms with E-state index in [-0.39, 0.29) is 6.04 Å². The molecule has 16 heavy (non-hydrogen) atoms. The molecule has 0 fully saturated rings. The Morgan fingerprint density at radius 3 is 2.88 bits per heavy atom. The highest BCUT2D eigenvalue weighted by Crippen LogP contribution is 2.29. The van der Waals surface area contributed by atoms with Crippen molar-refractivity contribution in [2.75, 3.05) is 0 Å². The largest absolute Gasteiger partial charge is 0.324 e. The van der Waals surface area contributed by atoms with Gasteiger partial charge in [0.1, 0.15) is 0 Å². The summed E-state index contributed by atoms with van der Waals surface area (Å²) in [5.41, 5.74) is 5.63. The van der Waals surface area contributed by atoms with E-state index in [4.69, 9.17) is 5.73 Å². The number of nitrogens with zero attached hydrogens (tertiary/aromatic N) is 4. The van der Waals surface area contributed by atoms with E-state index in [0.29, 0.717) is 12.5 Å². The number of aromatic nitrogens is 4. The van der Waals surface area contributed by atoms with E-state index in [1.807, 2.05) is 10.7 Å². The summed E-state index contributed by atoms with van der Waals surface area (Å²) in [6.07, 6.45) is 0. The monoisotopic (exact) mass is 237 g/mol. The molecule has 5 nitrogen and oxygen atoms in total. The van der Waals surface area contributed by atoms with Gasteiger partial charge in [-0.3, -0.25) is 0 Å². The van der Waals surface area contributed by atoms with Crippen LogP contribution in [-0.4, -0.2) is 20.2 Å². The summed E-state index contributed by atoms with van der Waals surface area (Å²) in [4.78, 5) is 1.26. The van der Waals surface area contributed by atoms with Gasteiger partial charge in [-0.25, -0.2) is 4.68 Å². The Morgan fingerprint density at radius 2 is 2.31 bits per heavy atom. The molecule has 0 bridgehead atoms. The van der Waals surface area contributed by atoms with Crippen LogP contribution < -0.4 is 5.73 Å². The molecule has 0 aliphatic carbocycles. The van der Waals surface area contributed by atoms with Crippen LogP contribution in [0.5, 0.6) is 0 Å². The number of thiophene rings is 1. The van der Waals surface area contributed by atoms with Gasteiger partial charge in [0.05, 0.1) is 12.6 Å². The molecule has 2 N–H and O–H groups in total. The van der Waals surface area contributed by atoms with Gasteiger partial charge in [-0.1, -0.05) is 19.9 Å². The third kappa shape index (κ3) is 1.98. The van der Waals surface area contributed by atoms with E-state index in [0.717, 1.165) is 5.82 Å². The standard InChI is InChI=1S/C10H15N5S/c1-7(2)10(8-4-3-5-16-8)15-9(6-11)12-13-14-15/h3-5,7,10H,6,11H2,1-2H3. The summed E-state index contributed by atoms with van der Waals surface area (Å²) in [5.74, 6) is 1.15. The Kier molecular flexibility index (Phi) is 3.31. The van der Waals surface area contributed by atoms with Crippen molar-refractivity contribution in [3.63, 3.8) is 0 Å². The molecule has 0 saturated heterocycles. The van der Waals surface area contributed by atoms with Gasteiger partial charge < -0.3 is 5.73 Å². The van der Waals surface area contributed by atoms with Crippen molar-refractivity contribution in [2.45, 2.75) is 26.4 Å². The quantitative estimate of drug-likeness (QED) is 0.873. The fourth-order valence-electron chi connectivity index (χ4n) is 1.75. The Labute approximate surface area is 98.3 Å². The fraction of sp³-hybridized carbons (Fsp3) is 0.500. The third-order valence-corrected chi connectivity index (χ3v) is 3.42. The number of hydrogen-bond acceptors (Lipinski definition) is 5. The maximum Gasteiger partial charge on any atom is 0.165 e. The zero-order valence-electron chi connectivity index (χ0n) is 9.37. The number of hydrogen-bond donors (Lipinski definition) is 1. The molecule has 0 amide bonds. The number of tetrazole rings is 1. The normalized spacial score (nSPS) is 13.2. The Bertz CT molecular complexity index is 434. The molecule has 0 spiro atoms. The molecule has 6 heteroatoms. The zero-order chi connectivity index (χ0) is 11.5. The van der Waals surface area contributed by atoms with Crippen LogP contribution >= 0.6 is 11.3 Å². The van der Waals surface area contributed by atoms with Gasteiger partial charge in [0.15, 0.2) is 5.82 Å². The van der Waals surface area contributed by atoms with Crippen LogP contribution in [0.2, 0.25) is 0 Å². The summed E-state index contributed by atoms with van der Waals surface area (Å²) < 4.78 is 1.83. The zero-order valence-corrected chi connectivity index (χ0v) is 10.2. The highest BCUT2D eigenvalue weighted by Gasteiger charge is 2.22. The lowest BCUT2D eigenvalue weighted by atomic mass is 10.0. The predicted octanol–water partition coefficient (Wildman–Crippen LogP) is 1.44. The summed E-state index contributed by atoms with van der Waals surface area (Å²) >= 11 is 1.72. The first kappa shape index (κ1) is 11.2. The van der Waals surface area contributed by atoms with Crippen molar-refractivity contribution in [1.29, 1.82) is 0 Å². The van der Waals surface area contributed by atoms with Crippen LogP contribution in [0.25, 0.3) is 0 Å². The SMILES string of the molecule is CC(C)C(c1cccs1)n1nnnc1CN. The van der Waals surface area contributed by atoms with Crippen LogP contribution in [-0.2, 0) is 6.54 Å². The van der Waals surface area contributed by atoms with Crippen molar-refractivity contribution < 1.29 is 0 Å². The molecule has 86 valence electrons. The minimum Gasteiger partial charge on any atom is -0.324 e. The third-order valence-electron chi connectivity index (χ3n) is 2.47. The first-order chi connectivity index (χ1) is 7.74. The lowest BCUT2D eigenvalue weighted by Crippen LogP contribution is -2.21. The molecular formula is C10H15N5S. The Balaban J connectivity index is 2.41. The first-order valence-electron chi connectivity index (χ1n) is 5.24. The minimum absolute atomic E-state index is 0.175. The van der Waals surface area contributed by atoms with E-state index < -0.39 is 0 Å². The summed E-state index contributed by atoms with van der Waals surface area (Å²) in [6, 6.07) is 4.33. The van der Waals surface area contributed by atoms with Crippen molar-refractivity contribution in [3.8, 4) is 0 Å². The topological polar surface area (TPSA) is 69.6 Å². The molecule has 2 aromatic heterocycles. The van der Waals surface area contributed by atoms with Crippen molar-refractivity contribution in [3.05, 3.63) is 28.2 Å². The molecule has 0 radical (unpaired) electrons. The van der Waals surface area contributed by atoms with Gasteiger partial charge in [0.25, 0.3) is 0 Å². The summed E-state index contributed by atoms with van der Waals surface area (Å²) in [7, 11) is 0. The second-order valence-electron chi connectivity index (χ2n) is 3.95. The predicted molar refractivity (Wildman–Crippen MR) is 63.0 cm³/mol. The smallest absolute Gasteiger partial charge is 0.165 e. The van der Waals surface area contributed by atoms with E-state index >= 15 is 0 Å². The second-order valence-corrected chi connectivity index (χ2v) is 4.93. The molecule has 0 aromatic carbocycles. The maximum atomic E-state index is 5.63. The van der Waals surface area contributed by atoms with Gasteiger partial charge in [-0.15, -0.1) is 16.4 Å².